The molecule has 0 spiro atoms. The lowest BCUT2D eigenvalue weighted by Gasteiger charge is -2.35. The second-order valence-corrected chi connectivity index (χ2v) is 4.58. The molecule has 1 aliphatic rings. The normalized spacial score (nSPS) is 20.4. The molecule has 1 amide bonds. The topological polar surface area (TPSA) is 62.7 Å². The van der Waals surface area contributed by atoms with E-state index in [9.17, 15) is 4.79 Å². The molecule has 1 atom stereocenters. The highest BCUT2D eigenvalue weighted by molar-refractivity contribution is 5.89. The Morgan fingerprint density at radius 3 is 2.53 bits per heavy atom. The Hall–Kier alpha value is -1.33. The van der Waals surface area contributed by atoms with Crippen LogP contribution >= 0.6 is 0 Å². The second-order valence-electron chi connectivity index (χ2n) is 4.58. The molecule has 94 valence electrons. The van der Waals surface area contributed by atoms with E-state index in [4.69, 9.17) is 10.2 Å². The average molecular weight is 237 g/mol. The molecule has 2 heterocycles. The highest BCUT2D eigenvalue weighted by Crippen LogP contribution is 2.23. The molecule has 0 aromatic carbocycles. The molecule has 5 nitrogen and oxygen atoms in total. The van der Waals surface area contributed by atoms with Crippen molar-refractivity contribution in [2.24, 2.45) is 5.73 Å². The standard InChI is InChI=1S/C12H19N3O2/c1-9(15-7-5-14(2)6-8-15)10-3-4-11(17-10)12(13)16/h3-4,9H,5-8H2,1-2H3,(H2,13,16). The highest BCUT2D eigenvalue weighted by atomic mass is 16.4. The van der Waals surface area contributed by atoms with E-state index in [2.05, 4.69) is 23.8 Å². The Balaban J connectivity index is 2.03. The van der Waals surface area contributed by atoms with Crippen molar-refractivity contribution < 1.29 is 9.21 Å². The molecule has 2 N–H and O–H groups in total. The van der Waals surface area contributed by atoms with Gasteiger partial charge in [0.15, 0.2) is 5.76 Å². The fourth-order valence-electron chi connectivity index (χ4n) is 2.10. The quantitative estimate of drug-likeness (QED) is 0.840. The zero-order valence-electron chi connectivity index (χ0n) is 10.3. The van der Waals surface area contributed by atoms with Crippen LogP contribution in [0.5, 0.6) is 0 Å². The minimum Gasteiger partial charge on any atom is -0.454 e. The minimum absolute atomic E-state index is 0.191. The number of amides is 1. The van der Waals surface area contributed by atoms with E-state index in [0.29, 0.717) is 0 Å². The third-order valence-corrected chi connectivity index (χ3v) is 3.37. The van der Waals surface area contributed by atoms with Crippen LogP contribution in [0.25, 0.3) is 0 Å². The average Bonchev–Trinajstić information content (AvgIpc) is 2.78. The van der Waals surface area contributed by atoms with Crippen molar-refractivity contribution >= 4 is 5.91 Å². The Labute approximate surface area is 101 Å². The second kappa shape index (κ2) is 4.89. The number of furan rings is 1. The van der Waals surface area contributed by atoms with Crippen LogP contribution in [0.3, 0.4) is 0 Å². The van der Waals surface area contributed by atoms with Gasteiger partial charge >= 0.3 is 0 Å². The number of carbonyl (C=O) groups is 1. The lowest BCUT2D eigenvalue weighted by molar-refractivity contribution is 0.0946. The van der Waals surface area contributed by atoms with Gasteiger partial charge in [0.05, 0.1) is 6.04 Å². The summed E-state index contributed by atoms with van der Waals surface area (Å²) in [5.74, 6) is 0.533. The Morgan fingerprint density at radius 2 is 2.00 bits per heavy atom. The van der Waals surface area contributed by atoms with Crippen molar-refractivity contribution in [1.82, 2.24) is 9.80 Å². The van der Waals surface area contributed by atoms with Gasteiger partial charge in [-0.05, 0) is 26.1 Å². The zero-order valence-corrected chi connectivity index (χ0v) is 10.3. The van der Waals surface area contributed by atoms with E-state index >= 15 is 0 Å². The molecule has 0 radical (unpaired) electrons. The monoisotopic (exact) mass is 237 g/mol. The maximum atomic E-state index is 11.0. The number of hydrogen-bond acceptors (Lipinski definition) is 4. The molecule has 5 heteroatoms. The molecule has 1 aromatic heterocycles. The summed E-state index contributed by atoms with van der Waals surface area (Å²) in [6.07, 6.45) is 0. The SMILES string of the molecule is CC(c1ccc(C(N)=O)o1)N1CCN(C)CC1. The first-order chi connectivity index (χ1) is 8.08. The number of piperazine rings is 1. The summed E-state index contributed by atoms with van der Waals surface area (Å²) in [6, 6.07) is 3.67. The summed E-state index contributed by atoms with van der Waals surface area (Å²) in [7, 11) is 2.13. The smallest absolute Gasteiger partial charge is 0.284 e. The number of primary amides is 1. The first-order valence-corrected chi connectivity index (χ1v) is 5.90. The van der Waals surface area contributed by atoms with Crippen LogP contribution in [0.2, 0.25) is 0 Å². The predicted octanol–water partition coefficient (Wildman–Crippen LogP) is 0.687. The van der Waals surface area contributed by atoms with E-state index in [-0.39, 0.29) is 11.8 Å². The molecule has 1 aromatic rings. The van der Waals surface area contributed by atoms with Gasteiger partial charge in [-0.15, -0.1) is 0 Å². The van der Waals surface area contributed by atoms with E-state index in [1.165, 1.54) is 0 Å². The van der Waals surface area contributed by atoms with Gasteiger partial charge in [-0.1, -0.05) is 0 Å². The molecule has 17 heavy (non-hydrogen) atoms. The summed E-state index contributed by atoms with van der Waals surface area (Å²) in [5, 5.41) is 0. The van der Waals surface area contributed by atoms with Crippen LogP contribution in [0, 0.1) is 0 Å². The molecule has 1 saturated heterocycles. The van der Waals surface area contributed by atoms with Crippen molar-refractivity contribution in [1.29, 1.82) is 0 Å². The van der Waals surface area contributed by atoms with Gasteiger partial charge < -0.3 is 15.1 Å². The van der Waals surface area contributed by atoms with Crippen molar-refractivity contribution in [2.75, 3.05) is 33.2 Å². The first-order valence-electron chi connectivity index (χ1n) is 5.90. The fraction of sp³-hybridized carbons (Fsp3) is 0.583. The summed E-state index contributed by atoms with van der Waals surface area (Å²) >= 11 is 0. The molecular formula is C12H19N3O2. The van der Waals surface area contributed by atoms with Gasteiger partial charge in [0.2, 0.25) is 0 Å². The summed E-state index contributed by atoms with van der Waals surface area (Å²) in [4.78, 5) is 15.6. The van der Waals surface area contributed by atoms with Crippen molar-refractivity contribution in [3.8, 4) is 0 Å². The highest BCUT2D eigenvalue weighted by Gasteiger charge is 2.23. The van der Waals surface area contributed by atoms with E-state index < -0.39 is 5.91 Å². The van der Waals surface area contributed by atoms with Crippen molar-refractivity contribution in [3.63, 3.8) is 0 Å². The Morgan fingerprint density at radius 1 is 1.35 bits per heavy atom. The van der Waals surface area contributed by atoms with Gasteiger partial charge in [-0.2, -0.15) is 0 Å². The number of carbonyl (C=O) groups excluding carboxylic acids is 1. The van der Waals surface area contributed by atoms with E-state index in [1.54, 1.807) is 6.07 Å². The molecule has 1 aliphatic heterocycles. The molecule has 0 bridgehead atoms. The number of nitrogens with two attached hydrogens (primary N) is 1. The molecule has 1 unspecified atom stereocenters. The number of hydrogen-bond donors (Lipinski definition) is 1. The van der Waals surface area contributed by atoms with Crippen molar-refractivity contribution in [2.45, 2.75) is 13.0 Å². The van der Waals surface area contributed by atoms with Crippen LogP contribution < -0.4 is 5.73 Å². The molecular weight excluding hydrogens is 218 g/mol. The lowest BCUT2D eigenvalue weighted by Crippen LogP contribution is -2.45. The first kappa shape index (κ1) is 12.1. The summed E-state index contributed by atoms with van der Waals surface area (Å²) in [5.41, 5.74) is 5.17. The van der Waals surface area contributed by atoms with Gasteiger partial charge in [0.25, 0.3) is 5.91 Å². The number of nitrogens with zero attached hydrogens (tertiary/aromatic N) is 2. The minimum atomic E-state index is -0.512. The maximum Gasteiger partial charge on any atom is 0.284 e. The third-order valence-electron chi connectivity index (χ3n) is 3.37. The summed E-state index contributed by atoms with van der Waals surface area (Å²) < 4.78 is 5.46. The van der Waals surface area contributed by atoms with Crippen LogP contribution in [0.4, 0.5) is 0 Å². The van der Waals surface area contributed by atoms with Gasteiger partial charge in [0, 0.05) is 26.2 Å². The zero-order chi connectivity index (χ0) is 12.4. The van der Waals surface area contributed by atoms with Crippen LogP contribution in [0.15, 0.2) is 16.5 Å². The predicted molar refractivity (Wildman–Crippen MR) is 64.7 cm³/mol. The van der Waals surface area contributed by atoms with E-state index in [1.807, 2.05) is 6.07 Å². The van der Waals surface area contributed by atoms with Gasteiger partial charge in [-0.25, -0.2) is 0 Å². The van der Waals surface area contributed by atoms with E-state index in [0.717, 1.165) is 31.9 Å². The number of likely N-dealkylation sites (N-methyl/N-ethyl adjacent to an activating group) is 1. The van der Waals surface area contributed by atoms with Crippen LogP contribution in [-0.4, -0.2) is 48.9 Å². The Kier molecular flexibility index (Phi) is 3.49. The molecule has 2 rings (SSSR count). The Bertz CT molecular complexity index is 394. The van der Waals surface area contributed by atoms with Gasteiger partial charge in [0.1, 0.15) is 5.76 Å². The maximum absolute atomic E-state index is 11.0. The third kappa shape index (κ3) is 2.68. The van der Waals surface area contributed by atoms with Crippen molar-refractivity contribution in [3.05, 3.63) is 23.7 Å². The molecule has 0 aliphatic carbocycles. The largest absolute Gasteiger partial charge is 0.454 e. The van der Waals surface area contributed by atoms with Gasteiger partial charge in [-0.3, -0.25) is 9.69 Å². The van der Waals surface area contributed by atoms with Crippen LogP contribution in [0.1, 0.15) is 29.3 Å². The number of rotatable bonds is 3. The fourth-order valence-corrected chi connectivity index (χ4v) is 2.10. The molecule has 1 fully saturated rings. The van der Waals surface area contributed by atoms with Crippen LogP contribution in [-0.2, 0) is 0 Å². The lowest BCUT2D eigenvalue weighted by atomic mass is 10.2. The molecule has 0 saturated carbocycles. The summed E-state index contributed by atoms with van der Waals surface area (Å²) in [6.45, 7) is 6.25.